The third-order valence-corrected chi connectivity index (χ3v) is 3.65. The summed E-state index contributed by atoms with van der Waals surface area (Å²) in [6.45, 7) is 3.00. The Balaban J connectivity index is 2.11. The first kappa shape index (κ1) is 14.1. The first-order chi connectivity index (χ1) is 9.19. The minimum Gasteiger partial charge on any atom is -0.370 e. The van der Waals surface area contributed by atoms with Crippen LogP contribution in [0.2, 0.25) is 5.02 Å². The molecule has 0 atom stereocenters. The largest absolute Gasteiger partial charge is 0.370 e. The highest BCUT2D eigenvalue weighted by Gasteiger charge is 2.02. The summed E-state index contributed by atoms with van der Waals surface area (Å²) in [5.74, 6) is 1.54. The highest BCUT2D eigenvalue weighted by atomic mass is 79.9. The van der Waals surface area contributed by atoms with E-state index in [0.29, 0.717) is 5.02 Å². The molecule has 2 aromatic rings. The maximum atomic E-state index is 6.05. The van der Waals surface area contributed by atoms with Crippen LogP contribution in [0.15, 0.2) is 35.1 Å². The maximum absolute atomic E-state index is 6.05. The topological polar surface area (TPSA) is 49.8 Å². The van der Waals surface area contributed by atoms with Crippen molar-refractivity contribution in [3.05, 3.63) is 40.1 Å². The van der Waals surface area contributed by atoms with Gasteiger partial charge in [-0.1, -0.05) is 18.5 Å². The summed E-state index contributed by atoms with van der Waals surface area (Å²) in [4.78, 5) is 8.33. The van der Waals surface area contributed by atoms with E-state index in [9.17, 15) is 0 Å². The average Bonchev–Trinajstić information content (AvgIpc) is 2.41. The summed E-state index contributed by atoms with van der Waals surface area (Å²) >= 11 is 9.41. The zero-order valence-electron chi connectivity index (χ0n) is 10.5. The summed E-state index contributed by atoms with van der Waals surface area (Å²) in [5.41, 5.74) is 0.883. The van der Waals surface area contributed by atoms with Crippen LogP contribution in [-0.4, -0.2) is 16.5 Å². The highest BCUT2D eigenvalue weighted by molar-refractivity contribution is 9.10. The Morgan fingerprint density at radius 3 is 2.74 bits per heavy atom. The van der Waals surface area contributed by atoms with Gasteiger partial charge in [0.25, 0.3) is 0 Å². The Morgan fingerprint density at radius 1 is 1.21 bits per heavy atom. The Bertz CT molecular complexity index is 562. The fourth-order valence-corrected chi connectivity index (χ4v) is 1.92. The van der Waals surface area contributed by atoms with E-state index in [0.717, 1.165) is 34.8 Å². The molecule has 2 rings (SSSR count). The summed E-state index contributed by atoms with van der Waals surface area (Å²) in [5, 5.41) is 7.06. The molecular formula is C13H14BrClN4. The monoisotopic (exact) mass is 340 g/mol. The van der Waals surface area contributed by atoms with Crippen LogP contribution in [0.1, 0.15) is 13.3 Å². The predicted molar refractivity (Wildman–Crippen MR) is 83.2 cm³/mol. The minimum absolute atomic E-state index is 0.656. The van der Waals surface area contributed by atoms with Crippen LogP contribution in [0.25, 0.3) is 0 Å². The quantitative estimate of drug-likeness (QED) is 0.843. The molecule has 19 heavy (non-hydrogen) atoms. The van der Waals surface area contributed by atoms with Gasteiger partial charge in [0.15, 0.2) is 0 Å². The number of hydrogen-bond acceptors (Lipinski definition) is 4. The van der Waals surface area contributed by atoms with E-state index >= 15 is 0 Å². The number of aromatic nitrogens is 2. The first-order valence-corrected chi connectivity index (χ1v) is 7.14. The lowest BCUT2D eigenvalue weighted by molar-refractivity contribution is 0.965. The number of benzene rings is 1. The van der Waals surface area contributed by atoms with E-state index in [1.54, 1.807) is 0 Å². The molecule has 0 amide bonds. The molecule has 0 fully saturated rings. The second kappa shape index (κ2) is 6.73. The highest BCUT2D eigenvalue weighted by Crippen LogP contribution is 2.27. The third kappa shape index (κ3) is 4.08. The molecule has 0 unspecified atom stereocenters. The number of nitrogens with one attached hydrogen (secondary N) is 2. The number of rotatable bonds is 5. The van der Waals surface area contributed by atoms with Gasteiger partial charge in [-0.05, 0) is 40.5 Å². The van der Waals surface area contributed by atoms with E-state index in [1.807, 2.05) is 24.3 Å². The van der Waals surface area contributed by atoms with Crippen LogP contribution >= 0.6 is 27.5 Å². The van der Waals surface area contributed by atoms with E-state index in [2.05, 4.69) is 43.5 Å². The van der Waals surface area contributed by atoms with Gasteiger partial charge >= 0.3 is 0 Å². The van der Waals surface area contributed by atoms with Crippen molar-refractivity contribution in [1.82, 2.24) is 9.97 Å². The van der Waals surface area contributed by atoms with Crippen molar-refractivity contribution in [2.75, 3.05) is 17.2 Å². The van der Waals surface area contributed by atoms with E-state index in [4.69, 9.17) is 11.6 Å². The van der Waals surface area contributed by atoms with Gasteiger partial charge in [-0.15, -0.1) is 0 Å². The van der Waals surface area contributed by atoms with Gasteiger partial charge in [0.1, 0.15) is 18.0 Å². The molecule has 0 aliphatic carbocycles. The summed E-state index contributed by atoms with van der Waals surface area (Å²) in [6, 6.07) is 7.53. The van der Waals surface area contributed by atoms with E-state index < -0.39 is 0 Å². The second-order valence-corrected chi connectivity index (χ2v) is 5.23. The molecule has 1 aromatic heterocycles. The molecule has 0 saturated carbocycles. The van der Waals surface area contributed by atoms with Crippen molar-refractivity contribution in [3.8, 4) is 0 Å². The Labute approximate surface area is 125 Å². The SMILES string of the molecule is CCCNc1cc(Nc2ccc(Br)c(Cl)c2)ncn1. The van der Waals surface area contributed by atoms with Crippen LogP contribution in [0.5, 0.6) is 0 Å². The summed E-state index contributed by atoms with van der Waals surface area (Å²) < 4.78 is 0.868. The molecule has 1 aromatic carbocycles. The van der Waals surface area contributed by atoms with E-state index in [-0.39, 0.29) is 0 Å². The van der Waals surface area contributed by atoms with Crippen LogP contribution < -0.4 is 10.6 Å². The van der Waals surface area contributed by atoms with Crippen LogP contribution in [0.3, 0.4) is 0 Å². The van der Waals surface area contributed by atoms with Crippen LogP contribution in [-0.2, 0) is 0 Å². The molecule has 100 valence electrons. The zero-order valence-corrected chi connectivity index (χ0v) is 12.8. The molecule has 1 heterocycles. The van der Waals surface area contributed by atoms with Gasteiger partial charge in [-0.25, -0.2) is 9.97 Å². The summed E-state index contributed by atoms with van der Waals surface area (Å²) in [7, 11) is 0. The average molecular weight is 342 g/mol. The summed E-state index contributed by atoms with van der Waals surface area (Å²) in [6.07, 6.45) is 2.58. The molecule has 0 aliphatic rings. The van der Waals surface area contributed by atoms with Crippen LogP contribution in [0, 0.1) is 0 Å². The standard InChI is InChI=1S/C13H14BrClN4/c1-2-5-16-12-7-13(18-8-17-12)19-9-3-4-10(14)11(15)6-9/h3-4,6-8H,2,5H2,1H3,(H2,16,17,18,19). The molecule has 0 bridgehead atoms. The van der Waals surface area contributed by atoms with Crippen LogP contribution in [0.4, 0.5) is 17.3 Å². The lowest BCUT2D eigenvalue weighted by Crippen LogP contribution is -2.03. The van der Waals surface area contributed by atoms with Crippen molar-refractivity contribution in [2.24, 2.45) is 0 Å². The first-order valence-electron chi connectivity index (χ1n) is 5.97. The van der Waals surface area contributed by atoms with Crippen molar-refractivity contribution in [2.45, 2.75) is 13.3 Å². The molecule has 0 radical (unpaired) electrons. The molecular weight excluding hydrogens is 328 g/mol. The molecule has 0 spiro atoms. The lowest BCUT2D eigenvalue weighted by Gasteiger charge is -2.08. The van der Waals surface area contributed by atoms with Gasteiger partial charge < -0.3 is 10.6 Å². The van der Waals surface area contributed by atoms with E-state index in [1.165, 1.54) is 6.33 Å². The molecule has 2 N–H and O–H groups in total. The molecule has 0 saturated heterocycles. The molecule has 6 heteroatoms. The lowest BCUT2D eigenvalue weighted by atomic mass is 10.3. The van der Waals surface area contributed by atoms with Gasteiger partial charge in [0, 0.05) is 22.8 Å². The van der Waals surface area contributed by atoms with Gasteiger partial charge in [-0.2, -0.15) is 0 Å². The smallest absolute Gasteiger partial charge is 0.135 e. The van der Waals surface area contributed by atoms with Crippen molar-refractivity contribution in [1.29, 1.82) is 0 Å². The van der Waals surface area contributed by atoms with Crippen molar-refractivity contribution < 1.29 is 0 Å². The van der Waals surface area contributed by atoms with Gasteiger partial charge in [-0.3, -0.25) is 0 Å². The fourth-order valence-electron chi connectivity index (χ4n) is 1.50. The molecule has 4 nitrogen and oxygen atoms in total. The molecule has 0 aliphatic heterocycles. The predicted octanol–water partition coefficient (Wildman–Crippen LogP) is 4.46. The van der Waals surface area contributed by atoms with Crippen molar-refractivity contribution in [3.63, 3.8) is 0 Å². The zero-order chi connectivity index (χ0) is 13.7. The number of hydrogen-bond donors (Lipinski definition) is 2. The number of halogens is 2. The Morgan fingerprint density at radius 2 is 2.00 bits per heavy atom. The fraction of sp³-hybridized carbons (Fsp3) is 0.231. The Hall–Kier alpha value is -1.33. The Kier molecular flexibility index (Phi) is 4.99. The van der Waals surface area contributed by atoms with Crippen molar-refractivity contribution >= 4 is 44.9 Å². The van der Waals surface area contributed by atoms with Gasteiger partial charge in [0.2, 0.25) is 0 Å². The minimum atomic E-state index is 0.656. The van der Waals surface area contributed by atoms with Gasteiger partial charge in [0.05, 0.1) is 5.02 Å². The maximum Gasteiger partial charge on any atom is 0.135 e. The third-order valence-electron chi connectivity index (χ3n) is 2.42. The normalized spacial score (nSPS) is 10.3. The number of nitrogens with zero attached hydrogens (tertiary/aromatic N) is 2. The number of anilines is 3. The second-order valence-electron chi connectivity index (χ2n) is 3.97.